The number of rotatable bonds is 4. The fraction of sp³-hybridized carbons (Fsp3) is 0.235. The minimum atomic E-state index is -5.10. The SMILES string of the molecule is CN(C)S(=O)(=O)c1ccc(Cl)c(C(=O)Nc2cc(C(F)(F)F)cc(C(F)(F)F)c2)c1. The number of hydrogen-bond acceptors (Lipinski definition) is 3. The van der Waals surface area contributed by atoms with Gasteiger partial charge in [0.2, 0.25) is 10.0 Å². The molecule has 0 aliphatic rings. The molecule has 2 aromatic carbocycles. The van der Waals surface area contributed by atoms with Crippen LogP contribution >= 0.6 is 11.6 Å². The van der Waals surface area contributed by atoms with Gasteiger partial charge in [0.25, 0.3) is 5.91 Å². The molecule has 0 bridgehead atoms. The van der Waals surface area contributed by atoms with Crippen LogP contribution in [0.2, 0.25) is 5.02 Å². The molecule has 0 radical (unpaired) electrons. The third-order valence-electron chi connectivity index (χ3n) is 3.81. The highest BCUT2D eigenvalue weighted by atomic mass is 35.5. The maximum Gasteiger partial charge on any atom is 0.416 e. The Morgan fingerprint density at radius 1 is 0.933 bits per heavy atom. The van der Waals surface area contributed by atoms with Crippen molar-refractivity contribution in [3.05, 3.63) is 58.1 Å². The lowest BCUT2D eigenvalue weighted by Crippen LogP contribution is -2.23. The van der Waals surface area contributed by atoms with Crippen LogP contribution in [0.15, 0.2) is 41.3 Å². The van der Waals surface area contributed by atoms with Gasteiger partial charge in [-0.15, -0.1) is 0 Å². The van der Waals surface area contributed by atoms with E-state index in [4.69, 9.17) is 11.6 Å². The molecule has 5 nitrogen and oxygen atoms in total. The first-order chi connectivity index (χ1) is 13.5. The first-order valence-corrected chi connectivity index (χ1v) is 9.68. The monoisotopic (exact) mass is 474 g/mol. The van der Waals surface area contributed by atoms with E-state index in [0.29, 0.717) is 12.1 Å². The Labute approximate surface area is 172 Å². The molecule has 164 valence electrons. The normalized spacial score (nSPS) is 12.9. The smallest absolute Gasteiger partial charge is 0.322 e. The molecule has 0 aliphatic carbocycles. The fourth-order valence-corrected chi connectivity index (χ4v) is 3.41. The van der Waals surface area contributed by atoms with E-state index in [1.807, 2.05) is 5.32 Å². The Bertz CT molecular complexity index is 1050. The molecule has 1 N–H and O–H groups in total. The summed E-state index contributed by atoms with van der Waals surface area (Å²) in [5.41, 5.74) is -4.49. The molecule has 0 spiro atoms. The molecule has 2 aromatic rings. The number of nitrogens with zero attached hydrogens (tertiary/aromatic N) is 1. The van der Waals surface area contributed by atoms with Crippen LogP contribution in [-0.2, 0) is 22.4 Å². The Morgan fingerprint density at radius 2 is 1.43 bits per heavy atom. The predicted octanol–water partition coefficient (Wildman–Crippen LogP) is 4.88. The van der Waals surface area contributed by atoms with Crippen LogP contribution in [0.5, 0.6) is 0 Å². The Hall–Kier alpha value is -2.31. The van der Waals surface area contributed by atoms with E-state index in [1.54, 1.807) is 0 Å². The van der Waals surface area contributed by atoms with Gasteiger partial charge in [-0.25, -0.2) is 12.7 Å². The van der Waals surface area contributed by atoms with E-state index < -0.39 is 50.7 Å². The van der Waals surface area contributed by atoms with Gasteiger partial charge in [0.1, 0.15) is 0 Å². The summed E-state index contributed by atoms with van der Waals surface area (Å²) >= 11 is 5.87. The van der Waals surface area contributed by atoms with E-state index in [-0.39, 0.29) is 16.0 Å². The molecule has 13 heteroatoms. The molecule has 0 aromatic heterocycles. The molecular weight excluding hydrogens is 462 g/mol. The standard InChI is InChI=1S/C17H13ClF6N2O3S/c1-26(2)30(28,29)12-3-4-14(18)13(8-12)15(27)25-11-6-9(16(19,20)21)5-10(7-11)17(22,23)24/h3-8H,1-2H3,(H,25,27). The molecular formula is C17H13ClF6N2O3S. The number of hydrogen-bond donors (Lipinski definition) is 1. The highest BCUT2D eigenvalue weighted by molar-refractivity contribution is 7.89. The van der Waals surface area contributed by atoms with Crippen molar-refractivity contribution in [2.24, 2.45) is 0 Å². The van der Waals surface area contributed by atoms with E-state index >= 15 is 0 Å². The number of halogens is 7. The first kappa shape index (κ1) is 24.0. The first-order valence-electron chi connectivity index (χ1n) is 7.86. The van der Waals surface area contributed by atoms with Gasteiger partial charge in [-0.3, -0.25) is 4.79 Å². The Kier molecular flexibility index (Phi) is 6.45. The van der Waals surface area contributed by atoms with E-state index in [0.717, 1.165) is 22.5 Å². The molecule has 0 unspecified atom stereocenters. The second-order valence-electron chi connectivity index (χ2n) is 6.18. The van der Waals surface area contributed by atoms with Gasteiger partial charge < -0.3 is 5.32 Å². The maximum atomic E-state index is 12.9. The summed E-state index contributed by atoms with van der Waals surface area (Å²) < 4.78 is 103. The minimum Gasteiger partial charge on any atom is -0.322 e. The molecule has 0 saturated heterocycles. The maximum absolute atomic E-state index is 12.9. The van der Waals surface area contributed by atoms with Crippen LogP contribution in [0.4, 0.5) is 32.0 Å². The van der Waals surface area contributed by atoms with Crippen molar-refractivity contribution in [3.63, 3.8) is 0 Å². The number of anilines is 1. The largest absolute Gasteiger partial charge is 0.416 e. The topological polar surface area (TPSA) is 66.5 Å². The average molecular weight is 475 g/mol. The highest BCUT2D eigenvalue weighted by Gasteiger charge is 2.37. The van der Waals surface area contributed by atoms with Crippen LogP contribution in [-0.4, -0.2) is 32.7 Å². The lowest BCUT2D eigenvalue weighted by atomic mass is 10.1. The third-order valence-corrected chi connectivity index (χ3v) is 5.95. The Balaban J connectivity index is 2.50. The van der Waals surface area contributed by atoms with Crippen molar-refractivity contribution in [2.45, 2.75) is 17.2 Å². The molecule has 1 amide bonds. The summed E-state index contributed by atoms with van der Waals surface area (Å²) in [6, 6.07) is 3.59. The number of sulfonamides is 1. The number of carbonyl (C=O) groups excluding carboxylic acids is 1. The van der Waals surface area contributed by atoms with Gasteiger partial charge in [-0.2, -0.15) is 26.3 Å². The van der Waals surface area contributed by atoms with E-state index in [2.05, 4.69) is 0 Å². The van der Waals surface area contributed by atoms with Gasteiger partial charge in [0, 0.05) is 19.8 Å². The van der Waals surface area contributed by atoms with Gasteiger partial charge in [-0.1, -0.05) is 11.6 Å². The van der Waals surface area contributed by atoms with Crippen LogP contribution in [0, 0.1) is 0 Å². The van der Waals surface area contributed by atoms with Crippen molar-refractivity contribution in [2.75, 3.05) is 19.4 Å². The zero-order chi connectivity index (χ0) is 23.1. The zero-order valence-corrected chi connectivity index (χ0v) is 16.8. The second-order valence-corrected chi connectivity index (χ2v) is 8.74. The van der Waals surface area contributed by atoms with Crippen molar-refractivity contribution < 1.29 is 39.6 Å². The van der Waals surface area contributed by atoms with Gasteiger partial charge >= 0.3 is 12.4 Å². The predicted molar refractivity (Wildman–Crippen MR) is 96.7 cm³/mol. The molecule has 0 aliphatic heterocycles. The van der Waals surface area contributed by atoms with E-state index in [1.165, 1.54) is 14.1 Å². The molecule has 0 fully saturated rings. The average Bonchev–Trinajstić information content (AvgIpc) is 2.59. The number of benzene rings is 2. The van der Waals surface area contributed by atoms with Gasteiger partial charge in [0.15, 0.2) is 0 Å². The third kappa shape index (κ3) is 5.24. The summed E-state index contributed by atoms with van der Waals surface area (Å²) in [4.78, 5) is 12.1. The number of amides is 1. The summed E-state index contributed by atoms with van der Waals surface area (Å²) in [7, 11) is -1.52. The van der Waals surface area contributed by atoms with Gasteiger partial charge in [-0.05, 0) is 36.4 Å². The Morgan fingerprint density at radius 3 is 1.87 bits per heavy atom. The van der Waals surface area contributed by atoms with Crippen molar-refractivity contribution in [1.29, 1.82) is 0 Å². The summed E-state index contributed by atoms with van der Waals surface area (Å²) in [6.07, 6.45) is -10.2. The number of nitrogens with one attached hydrogen (secondary N) is 1. The number of alkyl halides is 6. The molecule has 2 rings (SSSR count). The molecule has 0 heterocycles. The van der Waals surface area contributed by atoms with Crippen molar-refractivity contribution >= 4 is 33.2 Å². The van der Waals surface area contributed by atoms with Crippen molar-refractivity contribution in [1.82, 2.24) is 4.31 Å². The van der Waals surface area contributed by atoms with E-state index in [9.17, 15) is 39.6 Å². The summed E-state index contributed by atoms with van der Waals surface area (Å²) in [6.45, 7) is 0. The minimum absolute atomic E-state index is 0.0904. The summed E-state index contributed by atoms with van der Waals surface area (Å²) in [5.74, 6) is -1.19. The second kappa shape index (κ2) is 8.08. The van der Waals surface area contributed by atoms with Gasteiger partial charge in [0.05, 0.1) is 26.6 Å². The van der Waals surface area contributed by atoms with Crippen molar-refractivity contribution in [3.8, 4) is 0 Å². The molecule has 0 saturated carbocycles. The highest BCUT2D eigenvalue weighted by Crippen LogP contribution is 2.37. The quantitative estimate of drug-likeness (QED) is 0.642. The van der Waals surface area contributed by atoms with Crippen LogP contribution in [0.3, 0.4) is 0 Å². The zero-order valence-electron chi connectivity index (χ0n) is 15.2. The molecule has 30 heavy (non-hydrogen) atoms. The van der Waals surface area contributed by atoms with Crippen LogP contribution < -0.4 is 5.32 Å². The molecule has 0 atom stereocenters. The number of carbonyl (C=O) groups is 1. The summed E-state index contributed by atoms with van der Waals surface area (Å²) in [5, 5.41) is 1.64. The lowest BCUT2D eigenvalue weighted by Gasteiger charge is -2.16. The van der Waals surface area contributed by atoms with Crippen LogP contribution in [0.1, 0.15) is 21.5 Å². The van der Waals surface area contributed by atoms with Crippen LogP contribution in [0.25, 0.3) is 0 Å². The fourth-order valence-electron chi connectivity index (χ4n) is 2.28. The lowest BCUT2D eigenvalue weighted by molar-refractivity contribution is -0.143.